The first-order valence-corrected chi connectivity index (χ1v) is 6.92. The van der Waals surface area contributed by atoms with E-state index in [4.69, 9.17) is 14.1 Å². The summed E-state index contributed by atoms with van der Waals surface area (Å²) >= 11 is 0.760. The molecule has 3 N–H and O–H groups in total. The van der Waals surface area contributed by atoms with E-state index in [9.17, 15) is 9.90 Å². The number of rotatable bonds is 3. The lowest BCUT2D eigenvalue weighted by Crippen LogP contribution is -2.36. The minimum atomic E-state index is -0.491. The second-order valence-electron chi connectivity index (χ2n) is 4.42. The molecular weight excluding hydrogens is 292 g/mol. The van der Waals surface area contributed by atoms with Crippen molar-refractivity contribution in [2.45, 2.75) is 6.54 Å². The normalized spacial score (nSPS) is 13.6. The van der Waals surface area contributed by atoms with Gasteiger partial charge in [-0.25, -0.2) is 9.93 Å². The summed E-state index contributed by atoms with van der Waals surface area (Å²) in [5.41, 5.74) is 1.51. The smallest absolute Gasteiger partial charge is 0.420 e. The molecule has 0 atom stereocenters. The number of amides is 1. The molecule has 6 nitrogen and oxygen atoms in total. The lowest BCUT2D eigenvalue weighted by molar-refractivity contribution is 0.202. The van der Waals surface area contributed by atoms with Gasteiger partial charge in [0.25, 0.3) is 0 Å². The summed E-state index contributed by atoms with van der Waals surface area (Å²) in [5.74, 6) is 1.05. The number of nitrogens with two attached hydrogens (primary N) is 1. The van der Waals surface area contributed by atoms with Gasteiger partial charge in [-0.1, -0.05) is 0 Å². The molecule has 0 aliphatic carbocycles. The van der Waals surface area contributed by atoms with E-state index < -0.39 is 6.09 Å². The molecule has 1 amide bonds. The van der Waals surface area contributed by atoms with Crippen LogP contribution in [0.5, 0.6) is 17.2 Å². The van der Waals surface area contributed by atoms with Crippen LogP contribution in [0.15, 0.2) is 42.5 Å². The van der Waals surface area contributed by atoms with Crippen molar-refractivity contribution in [3.8, 4) is 17.2 Å². The molecule has 1 heterocycles. The van der Waals surface area contributed by atoms with E-state index in [1.807, 2.05) is 0 Å². The lowest BCUT2D eigenvalue weighted by atomic mass is 10.1. The third kappa shape index (κ3) is 2.74. The van der Waals surface area contributed by atoms with Crippen LogP contribution in [0.3, 0.4) is 0 Å². The highest BCUT2D eigenvalue weighted by atomic mass is 32.2. The molecule has 0 radical (unpaired) electrons. The van der Waals surface area contributed by atoms with Crippen LogP contribution in [0.25, 0.3) is 0 Å². The van der Waals surface area contributed by atoms with Gasteiger partial charge >= 0.3 is 6.09 Å². The molecule has 1 aliphatic heterocycles. The van der Waals surface area contributed by atoms with Crippen molar-refractivity contribution >= 4 is 24.0 Å². The zero-order chi connectivity index (χ0) is 14.8. The summed E-state index contributed by atoms with van der Waals surface area (Å²) < 4.78 is 10.3. The Hall–Kier alpha value is -2.38. The third-order valence-corrected chi connectivity index (χ3v) is 3.38. The Balaban J connectivity index is 1.86. The molecule has 0 bridgehead atoms. The second kappa shape index (κ2) is 5.55. The van der Waals surface area contributed by atoms with Gasteiger partial charge in [0.15, 0.2) is 0 Å². The Morgan fingerprint density at radius 3 is 2.71 bits per heavy atom. The van der Waals surface area contributed by atoms with Crippen molar-refractivity contribution in [1.29, 1.82) is 0 Å². The average Bonchev–Trinajstić information content (AvgIpc) is 2.48. The molecule has 2 aromatic rings. The molecule has 21 heavy (non-hydrogen) atoms. The van der Waals surface area contributed by atoms with E-state index in [1.54, 1.807) is 36.4 Å². The van der Waals surface area contributed by atoms with Crippen LogP contribution in [0, 0.1) is 0 Å². The second-order valence-corrected chi connectivity index (χ2v) is 4.78. The Morgan fingerprint density at radius 2 is 2.00 bits per heavy atom. The summed E-state index contributed by atoms with van der Waals surface area (Å²) in [6, 6.07) is 11.7. The molecule has 7 heteroatoms. The van der Waals surface area contributed by atoms with Gasteiger partial charge in [-0.15, -0.1) is 0 Å². The quantitative estimate of drug-likeness (QED) is 0.670. The number of benzene rings is 2. The number of ether oxygens (including phenoxy) is 1. The van der Waals surface area contributed by atoms with Crippen molar-refractivity contribution in [2.75, 3.05) is 4.90 Å². The summed E-state index contributed by atoms with van der Waals surface area (Å²) in [6.45, 7) is 0.375. The van der Waals surface area contributed by atoms with Gasteiger partial charge in [-0.3, -0.25) is 4.90 Å². The van der Waals surface area contributed by atoms with Gasteiger partial charge in [0, 0.05) is 17.3 Å². The Bertz CT molecular complexity index is 675. The lowest BCUT2D eigenvalue weighted by Gasteiger charge is -2.28. The number of aromatic hydroxyl groups is 1. The Labute approximate surface area is 125 Å². The van der Waals surface area contributed by atoms with Crippen molar-refractivity contribution in [3.05, 3.63) is 48.0 Å². The highest BCUT2D eigenvalue weighted by molar-refractivity contribution is 7.92. The number of nitrogens with zero attached hydrogens (tertiary/aromatic N) is 1. The molecule has 0 fully saturated rings. The van der Waals surface area contributed by atoms with E-state index in [-0.39, 0.29) is 5.75 Å². The Kier molecular flexibility index (Phi) is 3.59. The monoisotopic (exact) mass is 304 g/mol. The van der Waals surface area contributed by atoms with Gasteiger partial charge in [-0.05, 0) is 36.4 Å². The van der Waals surface area contributed by atoms with Crippen molar-refractivity contribution in [1.82, 2.24) is 0 Å². The van der Waals surface area contributed by atoms with E-state index in [2.05, 4.69) is 0 Å². The van der Waals surface area contributed by atoms with Gasteiger partial charge in [0.2, 0.25) is 0 Å². The van der Waals surface area contributed by atoms with Crippen molar-refractivity contribution in [2.24, 2.45) is 5.14 Å². The minimum absolute atomic E-state index is 0.0655. The van der Waals surface area contributed by atoms with E-state index >= 15 is 0 Å². The number of anilines is 1. The van der Waals surface area contributed by atoms with E-state index in [0.717, 1.165) is 17.8 Å². The van der Waals surface area contributed by atoms with Crippen LogP contribution in [-0.2, 0) is 6.54 Å². The highest BCUT2D eigenvalue weighted by Crippen LogP contribution is 2.32. The van der Waals surface area contributed by atoms with Crippen LogP contribution < -0.4 is 19.0 Å². The number of fused-ring (bicyclic) bond motifs is 1. The number of carbonyl (C=O) groups is 1. The minimum Gasteiger partial charge on any atom is -0.508 e. The highest BCUT2D eigenvalue weighted by Gasteiger charge is 2.26. The van der Waals surface area contributed by atoms with Gasteiger partial charge < -0.3 is 14.0 Å². The fourth-order valence-corrected chi connectivity index (χ4v) is 2.31. The fourth-order valence-electron chi connectivity index (χ4n) is 2.09. The molecule has 1 aliphatic rings. The van der Waals surface area contributed by atoms with E-state index in [1.165, 1.54) is 11.0 Å². The van der Waals surface area contributed by atoms with Crippen LogP contribution >= 0.6 is 12.2 Å². The number of phenols is 1. The predicted octanol–water partition coefficient (Wildman–Crippen LogP) is 2.81. The maximum atomic E-state index is 12.0. The molecule has 2 aromatic carbocycles. The SMILES string of the molecule is NSOc1ccc(N2Cc3ccc(O)cc3OC2=O)cc1. The predicted molar refractivity (Wildman–Crippen MR) is 79.2 cm³/mol. The van der Waals surface area contributed by atoms with Gasteiger partial charge in [-0.2, -0.15) is 0 Å². The number of hydrogen-bond donors (Lipinski definition) is 2. The van der Waals surface area contributed by atoms with Crippen molar-refractivity contribution < 1.29 is 18.8 Å². The molecule has 0 saturated carbocycles. The summed E-state index contributed by atoms with van der Waals surface area (Å²) in [7, 11) is 0. The largest absolute Gasteiger partial charge is 0.508 e. The Morgan fingerprint density at radius 1 is 1.24 bits per heavy atom. The number of hydrogen-bond acceptors (Lipinski definition) is 6. The fraction of sp³-hybridized carbons (Fsp3) is 0.0714. The third-order valence-electron chi connectivity index (χ3n) is 3.09. The van der Waals surface area contributed by atoms with E-state index in [0.29, 0.717) is 23.7 Å². The van der Waals surface area contributed by atoms with Gasteiger partial charge in [0.1, 0.15) is 29.5 Å². The molecule has 3 rings (SSSR count). The number of phenolic OH excluding ortho intramolecular Hbond substituents is 1. The number of carbonyl (C=O) groups excluding carboxylic acids is 1. The zero-order valence-corrected chi connectivity index (χ0v) is 11.7. The molecule has 0 unspecified atom stereocenters. The maximum Gasteiger partial charge on any atom is 0.420 e. The summed E-state index contributed by atoms with van der Waals surface area (Å²) in [4.78, 5) is 13.5. The molecule has 0 saturated heterocycles. The first-order chi connectivity index (χ1) is 10.2. The van der Waals surface area contributed by atoms with Crippen LogP contribution in [0.4, 0.5) is 10.5 Å². The molecule has 0 spiro atoms. The maximum absolute atomic E-state index is 12.0. The topological polar surface area (TPSA) is 85.0 Å². The van der Waals surface area contributed by atoms with Crippen LogP contribution in [-0.4, -0.2) is 11.2 Å². The van der Waals surface area contributed by atoms with Gasteiger partial charge in [0.05, 0.1) is 6.54 Å². The van der Waals surface area contributed by atoms with Crippen LogP contribution in [0.2, 0.25) is 0 Å². The first-order valence-electron chi connectivity index (χ1n) is 6.12. The molecule has 0 aromatic heterocycles. The standard InChI is InChI=1S/C14H12N2O4S/c15-21-20-12-5-2-10(3-6-12)16-8-9-1-4-11(17)7-13(9)19-14(16)18/h1-7,17H,8,15H2. The average molecular weight is 304 g/mol. The van der Waals surface area contributed by atoms with Crippen molar-refractivity contribution in [3.63, 3.8) is 0 Å². The van der Waals surface area contributed by atoms with Crippen LogP contribution in [0.1, 0.15) is 5.56 Å². The summed E-state index contributed by atoms with van der Waals surface area (Å²) in [6.07, 6.45) is -0.491. The first kappa shape index (κ1) is 13.6. The summed E-state index contributed by atoms with van der Waals surface area (Å²) in [5, 5.41) is 14.6. The molecule has 108 valence electrons. The zero-order valence-electron chi connectivity index (χ0n) is 10.9. The molecular formula is C14H12N2O4S.